The lowest BCUT2D eigenvalue weighted by molar-refractivity contribution is -0.148. The Morgan fingerprint density at radius 1 is 0.960 bits per heavy atom. The number of amides is 2. The Labute approximate surface area is 144 Å². The molecule has 1 saturated heterocycles. The molecule has 1 fully saturated rings. The average Bonchev–Trinajstić information content (AvgIpc) is 3.02. The second-order valence-corrected chi connectivity index (χ2v) is 6.61. The number of carbonyl (C=O) groups is 2. The Morgan fingerprint density at radius 2 is 1.72 bits per heavy atom. The predicted octanol–water partition coefficient (Wildman–Crippen LogP) is 2.14. The van der Waals surface area contributed by atoms with Gasteiger partial charge in [0.1, 0.15) is 6.04 Å². The van der Waals surface area contributed by atoms with E-state index in [0.29, 0.717) is 6.42 Å². The average molecular weight is 331 g/mol. The van der Waals surface area contributed by atoms with E-state index in [1.807, 2.05) is 48.5 Å². The first kappa shape index (κ1) is 14.3. The van der Waals surface area contributed by atoms with Gasteiger partial charge in [-0.05, 0) is 17.2 Å². The van der Waals surface area contributed by atoms with Crippen LogP contribution in [0.2, 0.25) is 0 Å². The van der Waals surface area contributed by atoms with Crippen LogP contribution in [0.15, 0.2) is 54.6 Å². The van der Waals surface area contributed by atoms with Crippen LogP contribution in [0.4, 0.5) is 0 Å². The Morgan fingerprint density at radius 3 is 2.56 bits per heavy atom. The van der Waals surface area contributed by atoms with Gasteiger partial charge in [-0.25, -0.2) is 0 Å². The van der Waals surface area contributed by atoms with Gasteiger partial charge in [0.05, 0.1) is 12.6 Å². The van der Waals surface area contributed by atoms with Crippen molar-refractivity contribution in [3.05, 3.63) is 71.4 Å². The van der Waals surface area contributed by atoms with E-state index in [1.54, 1.807) is 4.90 Å². The van der Waals surface area contributed by atoms with Gasteiger partial charge in [0, 0.05) is 23.0 Å². The van der Waals surface area contributed by atoms with Crippen LogP contribution in [-0.4, -0.2) is 34.3 Å². The van der Waals surface area contributed by atoms with Crippen LogP contribution in [-0.2, 0) is 16.0 Å². The summed E-state index contributed by atoms with van der Waals surface area (Å²) in [5, 5.41) is 3.86. The number of nitrogens with one attached hydrogen (secondary N) is 2. The monoisotopic (exact) mass is 331 g/mol. The Balaban J connectivity index is 1.78. The van der Waals surface area contributed by atoms with Crippen molar-refractivity contribution in [2.75, 3.05) is 6.54 Å². The summed E-state index contributed by atoms with van der Waals surface area (Å²) >= 11 is 0. The highest BCUT2D eigenvalue weighted by atomic mass is 16.2. The van der Waals surface area contributed by atoms with E-state index >= 15 is 0 Å². The number of hydrogen-bond donors (Lipinski definition) is 2. The van der Waals surface area contributed by atoms with Crippen LogP contribution >= 0.6 is 0 Å². The van der Waals surface area contributed by atoms with Crippen molar-refractivity contribution in [1.82, 2.24) is 15.2 Å². The molecule has 3 heterocycles. The van der Waals surface area contributed by atoms with Crippen LogP contribution in [0, 0.1) is 0 Å². The van der Waals surface area contributed by atoms with Crippen LogP contribution in [0.1, 0.15) is 22.9 Å². The number of aromatic amines is 1. The maximum Gasteiger partial charge on any atom is 0.243 e. The highest BCUT2D eigenvalue weighted by Crippen LogP contribution is 2.41. The number of nitrogens with zero attached hydrogens (tertiary/aromatic N) is 1. The lowest BCUT2D eigenvalue weighted by atomic mass is 9.86. The molecular formula is C20H17N3O2. The molecule has 25 heavy (non-hydrogen) atoms. The second kappa shape index (κ2) is 5.21. The molecule has 1 aromatic heterocycles. The maximum absolute atomic E-state index is 12.7. The standard InChI is InChI=1S/C20H17N3O2/c24-17-11-21-20(25)16-10-14-13-8-4-5-9-15(13)22-18(14)19(23(16)17)12-6-2-1-3-7-12/h1-9,16,19,22H,10-11H2,(H,21,25)/t16-,19-/m0/s1. The van der Waals surface area contributed by atoms with Crippen molar-refractivity contribution < 1.29 is 9.59 Å². The number of aromatic nitrogens is 1. The SMILES string of the molecule is O=C1NCC(=O)N2[C@@H](c3ccccc3)c3[nH]c4ccccc4c3C[C@@H]12. The Kier molecular flexibility index (Phi) is 2.98. The molecule has 3 aromatic rings. The number of hydrogen-bond acceptors (Lipinski definition) is 2. The minimum absolute atomic E-state index is 0.0391. The first-order valence-electron chi connectivity index (χ1n) is 8.47. The summed E-state index contributed by atoms with van der Waals surface area (Å²) in [7, 11) is 0. The summed E-state index contributed by atoms with van der Waals surface area (Å²) in [6.07, 6.45) is 0.542. The number of H-pyrrole nitrogens is 1. The predicted molar refractivity (Wildman–Crippen MR) is 93.9 cm³/mol. The highest BCUT2D eigenvalue weighted by molar-refractivity contribution is 5.97. The summed E-state index contributed by atoms with van der Waals surface area (Å²) in [5.74, 6) is -0.112. The minimum Gasteiger partial charge on any atom is -0.356 e. The van der Waals surface area contributed by atoms with Gasteiger partial charge in [0.15, 0.2) is 0 Å². The quantitative estimate of drug-likeness (QED) is 0.717. The fourth-order valence-electron chi connectivity index (χ4n) is 4.16. The molecule has 124 valence electrons. The van der Waals surface area contributed by atoms with Crippen LogP contribution < -0.4 is 5.32 Å². The van der Waals surface area contributed by atoms with E-state index in [2.05, 4.69) is 16.4 Å². The van der Waals surface area contributed by atoms with E-state index in [4.69, 9.17) is 0 Å². The number of rotatable bonds is 1. The lowest BCUT2D eigenvalue weighted by Crippen LogP contribution is -2.61. The third kappa shape index (κ3) is 2.02. The number of benzene rings is 2. The molecule has 2 amide bonds. The fraction of sp³-hybridized carbons (Fsp3) is 0.200. The van der Waals surface area contributed by atoms with Crippen molar-refractivity contribution in [2.45, 2.75) is 18.5 Å². The van der Waals surface area contributed by atoms with Gasteiger partial charge < -0.3 is 15.2 Å². The molecule has 2 N–H and O–H groups in total. The van der Waals surface area contributed by atoms with Crippen molar-refractivity contribution in [2.24, 2.45) is 0 Å². The van der Waals surface area contributed by atoms with Crippen molar-refractivity contribution in [3.63, 3.8) is 0 Å². The third-order valence-corrected chi connectivity index (χ3v) is 5.25. The summed E-state index contributed by atoms with van der Waals surface area (Å²) in [6.45, 7) is 0.0637. The first-order valence-corrected chi connectivity index (χ1v) is 8.47. The molecule has 5 heteroatoms. The normalized spacial score (nSPS) is 22.5. The molecule has 0 saturated carbocycles. The van der Waals surface area contributed by atoms with Crippen LogP contribution in [0.25, 0.3) is 10.9 Å². The molecule has 0 aliphatic carbocycles. The van der Waals surface area contributed by atoms with Gasteiger partial charge in [-0.2, -0.15) is 0 Å². The summed E-state index contributed by atoms with van der Waals surface area (Å²) in [5.41, 5.74) is 4.21. The van der Waals surface area contributed by atoms with Gasteiger partial charge in [-0.1, -0.05) is 48.5 Å². The molecule has 2 aliphatic heterocycles. The molecule has 2 atom stereocenters. The molecular weight excluding hydrogens is 314 g/mol. The second-order valence-electron chi connectivity index (χ2n) is 6.61. The molecule has 2 aliphatic rings. The van der Waals surface area contributed by atoms with E-state index in [9.17, 15) is 9.59 Å². The molecule has 5 nitrogen and oxygen atoms in total. The summed E-state index contributed by atoms with van der Waals surface area (Å²) < 4.78 is 0. The van der Waals surface area contributed by atoms with Gasteiger partial charge in [-0.15, -0.1) is 0 Å². The van der Waals surface area contributed by atoms with Crippen molar-refractivity contribution in [3.8, 4) is 0 Å². The topological polar surface area (TPSA) is 65.2 Å². The van der Waals surface area contributed by atoms with Crippen molar-refractivity contribution >= 4 is 22.7 Å². The van der Waals surface area contributed by atoms with Gasteiger partial charge in [-0.3, -0.25) is 9.59 Å². The zero-order valence-corrected chi connectivity index (χ0v) is 13.5. The number of carbonyl (C=O) groups excluding carboxylic acids is 2. The molecule has 0 bridgehead atoms. The maximum atomic E-state index is 12.7. The van der Waals surface area contributed by atoms with E-state index < -0.39 is 6.04 Å². The van der Waals surface area contributed by atoms with Gasteiger partial charge in [0.2, 0.25) is 11.8 Å². The van der Waals surface area contributed by atoms with Crippen LogP contribution in [0.3, 0.4) is 0 Å². The number of fused-ring (bicyclic) bond motifs is 4. The van der Waals surface area contributed by atoms with Crippen LogP contribution in [0.5, 0.6) is 0 Å². The molecule has 0 spiro atoms. The highest BCUT2D eigenvalue weighted by Gasteiger charge is 2.45. The van der Waals surface area contributed by atoms with E-state index in [0.717, 1.165) is 27.7 Å². The van der Waals surface area contributed by atoms with Crippen molar-refractivity contribution in [1.29, 1.82) is 0 Å². The van der Waals surface area contributed by atoms with E-state index in [1.165, 1.54) is 0 Å². The summed E-state index contributed by atoms with van der Waals surface area (Å²) in [6, 6.07) is 17.3. The largest absolute Gasteiger partial charge is 0.356 e. The molecule has 0 radical (unpaired) electrons. The lowest BCUT2D eigenvalue weighted by Gasteiger charge is -2.44. The fourth-order valence-corrected chi connectivity index (χ4v) is 4.16. The zero-order chi connectivity index (χ0) is 17.0. The minimum atomic E-state index is -0.460. The summed E-state index contributed by atoms with van der Waals surface area (Å²) in [4.78, 5) is 30.4. The molecule has 2 aromatic carbocycles. The number of piperazine rings is 1. The molecule has 0 unspecified atom stereocenters. The number of para-hydroxylation sites is 1. The Hall–Kier alpha value is -3.08. The molecule has 5 rings (SSSR count). The van der Waals surface area contributed by atoms with Gasteiger partial charge >= 0.3 is 0 Å². The third-order valence-electron chi connectivity index (χ3n) is 5.25. The first-order chi connectivity index (χ1) is 12.2. The smallest absolute Gasteiger partial charge is 0.243 e. The zero-order valence-electron chi connectivity index (χ0n) is 13.5. The van der Waals surface area contributed by atoms with E-state index in [-0.39, 0.29) is 24.4 Å². The Bertz CT molecular complexity index is 993. The van der Waals surface area contributed by atoms with Gasteiger partial charge in [0.25, 0.3) is 0 Å².